The number of nitrogens with one attached hydrogen (secondary N) is 2. The molecule has 0 aliphatic carbocycles. The van der Waals surface area contributed by atoms with Crippen molar-refractivity contribution in [3.05, 3.63) is 84.0 Å². The van der Waals surface area contributed by atoms with E-state index in [2.05, 4.69) is 23.8 Å². The molecule has 0 atom stereocenters. The minimum Gasteiger partial charge on any atom is -0.460 e. The molecular weight excluding hydrogens is 504 g/mol. The molecule has 0 radical (unpaired) electrons. The number of ether oxygens (including phenoxy) is 4. The lowest BCUT2D eigenvalue weighted by molar-refractivity contribution is -0.139. The van der Waals surface area contributed by atoms with Gasteiger partial charge in [-0.2, -0.15) is 0 Å². The summed E-state index contributed by atoms with van der Waals surface area (Å²) in [5.41, 5.74) is 2.10. The minimum absolute atomic E-state index is 0.00931. The summed E-state index contributed by atoms with van der Waals surface area (Å²) in [7, 11) is 0. The summed E-state index contributed by atoms with van der Waals surface area (Å²) in [5, 5.41) is 5.01. The Morgan fingerprint density at radius 1 is 0.667 bits per heavy atom. The van der Waals surface area contributed by atoms with E-state index in [4.69, 9.17) is 18.9 Å². The Kier molecular flexibility index (Phi) is 11.3. The second kappa shape index (κ2) is 14.4. The molecule has 2 rings (SSSR count). The third-order valence-electron chi connectivity index (χ3n) is 5.48. The number of amides is 2. The third-order valence-corrected chi connectivity index (χ3v) is 5.48. The molecule has 0 heterocycles. The lowest BCUT2D eigenvalue weighted by atomic mass is 9.78. The monoisotopic (exact) mass is 538 g/mol. The molecule has 39 heavy (non-hydrogen) atoms. The van der Waals surface area contributed by atoms with Crippen LogP contribution in [0.1, 0.15) is 38.8 Å². The molecule has 2 aromatic rings. The Morgan fingerprint density at radius 2 is 1.00 bits per heavy atom. The molecule has 208 valence electrons. The topological polar surface area (TPSA) is 129 Å². The maximum absolute atomic E-state index is 12.0. The van der Waals surface area contributed by atoms with Crippen LogP contribution >= 0.6 is 0 Å². The van der Waals surface area contributed by atoms with Gasteiger partial charge in [0, 0.05) is 16.6 Å². The van der Waals surface area contributed by atoms with E-state index in [0.717, 1.165) is 11.1 Å². The summed E-state index contributed by atoms with van der Waals surface area (Å²) in [5.74, 6) is -0.330. The molecule has 0 saturated heterocycles. The van der Waals surface area contributed by atoms with Crippen molar-refractivity contribution in [3.63, 3.8) is 0 Å². The Bertz CT molecular complexity index is 1110. The molecule has 0 unspecified atom stereocenters. The average Bonchev–Trinajstić information content (AvgIpc) is 2.89. The summed E-state index contributed by atoms with van der Waals surface area (Å²) in [6.07, 6.45) is -1.33. The van der Waals surface area contributed by atoms with Crippen LogP contribution in [0.25, 0.3) is 0 Å². The van der Waals surface area contributed by atoms with Gasteiger partial charge in [0.05, 0.1) is 13.1 Å². The predicted molar refractivity (Wildman–Crippen MR) is 145 cm³/mol. The molecule has 2 N–H and O–H groups in total. The molecular formula is C29H34N2O8. The van der Waals surface area contributed by atoms with Gasteiger partial charge < -0.3 is 29.6 Å². The van der Waals surface area contributed by atoms with E-state index in [1.165, 1.54) is 13.8 Å². The SMILES string of the molecule is C=C(C)C(=O)OCCNC(=O)Oc1ccc(C(C)(C)c2ccc(OC(=O)NCCOC(=O)C(=C)C)cc2)cc1. The molecule has 10 heteroatoms. The maximum atomic E-state index is 12.0. The Labute approximate surface area is 228 Å². The zero-order valence-corrected chi connectivity index (χ0v) is 22.6. The van der Waals surface area contributed by atoms with Crippen molar-refractivity contribution in [2.75, 3.05) is 26.3 Å². The minimum atomic E-state index is -0.666. The van der Waals surface area contributed by atoms with Crippen molar-refractivity contribution in [3.8, 4) is 11.5 Å². The fourth-order valence-corrected chi connectivity index (χ4v) is 3.17. The second-order valence-corrected chi connectivity index (χ2v) is 9.14. The van der Waals surface area contributed by atoms with Crippen LogP contribution in [0.3, 0.4) is 0 Å². The Balaban J connectivity index is 1.85. The second-order valence-electron chi connectivity index (χ2n) is 9.14. The first kappa shape index (κ1) is 30.6. The van der Waals surface area contributed by atoms with Gasteiger partial charge in [0.15, 0.2) is 0 Å². The zero-order chi connectivity index (χ0) is 29.0. The van der Waals surface area contributed by atoms with Gasteiger partial charge in [0.2, 0.25) is 0 Å². The molecule has 0 spiro atoms. The summed E-state index contributed by atoms with van der Waals surface area (Å²) < 4.78 is 20.3. The lowest BCUT2D eigenvalue weighted by Crippen LogP contribution is -2.30. The molecule has 2 amide bonds. The summed E-state index contributed by atoms with van der Waals surface area (Å²) in [6, 6.07) is 14.2. The van der Waals surface area contributed by atoms with Crippen LogP contribution in [0, 0.1) is 0 Å². The largest absolute Gasteiger partial charge is 0.460 e. The van der Waals surface area contributed by atoms with E-state index in [1.807, 2.05) is 38.1 Å². The Morgan fingerprint density at radius 3 is 1.31 bits per heavy atom. The molecule has 10 nitrogen and oxygen atoms in total. The zero-order valence-electron chi connectivity index (χ0n) is 22.6. The maximum Gasteiger partial charge on any atom is 0.412 e. The molecule has 0 aromatic heterocycles. The first-order chi connectivity index (χ1) is 18.4. The number of benzene rings is 2. The normalized spacial score (nSPS) is 10.6. The van der Waals surface area contributed by atoms with Crippen LogP contribution in [-0.4, -0.2) is 50.4 Å². The highest BCUT2D eigenvalue weighted by molar-refractivity contribution is 5.87. The van der Waals surface area contributed by atoms with Crippen molar-refractivity contribution < 1.29 is 38.1 Å². The van der Waals surface area contributed by atoms with Crippen molar-refractivity contribution in [1.29, 1.82) is 0 Å². The number of rotatable bonds is 12. The average molecular weight is 539 g/mol. The van der Waals surface area contributed by atoms with Gasteiger partial charge >= 0.3 is 24.1 Å². The first-order valence-electron chi connectivity index (χ1n) is 12.2. The number of esters is 2. The van der Waals surface area contributed by atoms with Crippen LogP contribution in [0.5, 0.6) is 11.5 Å². The van der Waals surface area contributed by atoms with Gasteiger partial charge in [-0.3, -0.25) is 0 Å². The highest BCUT2D eigenvalue weighted by Gasteiger charge is 2.23. The van der Waals surface area contributed by atoms with Crippen LogP contribution in [0.2, 0.25) is 0 Å². The van der Waals surface area contributed by atoms with Crippen molar-refractivity contribution in [1.82, 2.24) is 10.6 Å². The van der Waals surface area contributed by atoms with E-state index >= 15 is 0 Å². The van der Waals surface area contributed by atoms with Crippen LogP contribution in [0.15, 0.2) is 72.8 Å². The van der Waals surface area contributed by atoms with Gasteiger partial charge in [-0.1, -0.05) is 51.3 Å². The molecule has 2 aromatic carbocycles. The lowest BCUT2D eigenvalue weighted by Gasteiger charge is -2.26. The van der Waals surface area contributed by atoms with E-state index in [0.29, 0.717) is 11.5 Å². The first-order valence-corrected chi connectivity index (χ1v) is 12.2. The Hall–Kier alpha value is -4.60. The molecule has 0 fully saturated rings. The van der Waals surface area contributed by atoms with E-state index in [-0.39, 0.29) is 37.4 Å². The number of carbonyl (C=O) groups is 4. The van der Waals surface area contributed by atoms with Crippen LogP contribution < -0.4 is 20.1 Å². The van der Waals surface area contributed by atoms with E-state index in [1.54, 1.807) is 24.3 Å². The van der Waals surface area contributed by atoms with Crippen LogP contribution in [0.4, 0.5) is 9.59 Å². The van der Waals surface area contributed by atoms with Crippen molar-refractivity contribution in [2.24, 2.45) is 0 Å². The van der Waals surface area contributed by atoms with E-state index in [9.17, 15) is 19.2 Å². The molecule has 0 aliphatic heterocycles. The van der Waals surface area contributed by atoms with Crippen molar-refractivity contribution >= 4 is 24.1 Å². The smallest absolute Gasteiger partial charge is 0.412 e. The summed E-state index contributed by atoms with van der Waals surface area (Å²) in [4.78, 5) is 46.6. The fourth-order valence-electron chi connectivity index (χ4n) is 3.17. The molecule has 0 aliphatic rings. The fraction of sp³-hybridized carbons (Fsp3) is 0.310. The van der Waals surface area contributed by atoms with Crippen LogP contribution in [-0.2, 0) is 24.5 Å². The third kappa shape index (κ3) is 9.99. The van der Waals surface area contributed by atoms with Gasteiger partial charge in [0.25, 0.3) is 0 Å². The highest BCUT2D eigenvalue weighted by Crippen LogP contribution is 2.33. The number of hydrogen-bond donors (Lipinski definition) is 2. The van der Waals surface area contributed by atoms with E-state index < -0.39 is 29.5 Å². The highest BCUT2D eigenvalue weighted by atomic mass is 16.6. The van der Waals surface area contributed by atoms with Gasteiger partial charge in [-0.25, -0.2) is 19.2 Å². The number of hydrogen-bond acceptors (Lipinski definition) is 8. The quantitative estimate of drug-likeness (QED) is 0.231. The predicted octanol–water partition coefficient (Wildman–Crippen LogP) is 4.43. The molecule has 0 bridgehead atoms. The molecule has 0 saturated carbocycles. The summed E-state index contributed by atoms with van der Waals surface area (Å²) in [6.45, 7) is 14.3. The summed E-state index contributed by atoms with van der Waals surface area (Å²) >= 11 is 0. The van der Waals surface area contributed by atoms with Crippen molar-refractivity contribution in [2.45, 2.75) is 33.1 Å². The van der Waals surface area contributed by atoms with Gasteiger partial charge in [-0.15, -0.1) is 0 Å². The standard InChI is InChI=1S/C29H34N2O8/c1-19(2)25(32)36-17-15-30-27(34)38-23-11-7-21(8-12-23)29(5,6)22-9-13-24(14-10-22)39-28(35)31-16-18-37-26(33)20(3)4/h7-14H,1,3,15-18H2,2,4-6H3,(H,30,34)(H,31,35). The van der Waals surface area contributed by atoms with Gasteiger partial charge in [-0.05, 0) is 49.2 Å². The van der Waals surface area contributed by atoms with Gasteiger partial charge in [0.1, 0.15) is 24.7 Å². The number of carbonyl (C=O) groups excluding carboxylic acids is 4.